The Morgan fingerprint density at radius 2 is 1.80 bits per heavy atom. The van der Waals surface area contributed by atoms with Gasteiger partial charge in [0.15, 0.2) is 5.78 Å². The number of carboxylic acid groups (broad SMARTS) is 1. The molecule has 0 bridgehead atoms. The molecule has 1 fully saturated rings. The van der Waals surface area contributed by atoms with Gasteiger partial charge in [-0.25, -0.2) is 18.4 Å². The summed E-state index contributed by atoms with van der Waals surface area (Å²) < 4.78 is 40.9. The van der Waals surface area contributed by atoms with E-state index in [0.29, 0.717) is 29.0 Å². The number of rotatable bonds is 12. The monoisotopic (exact) mass is 560 g/mol. The Hall–Kier alpha value is -3.53. The van der Waals surface area contributed by atoms with E-state index in [9.17, 15) is 28.3 Å². The fourth-order valence-corrected chi connectivity index (χ4v) is 5.09. The summed E-state index contributed by atoms with van der Waals surface area (Å²) in [4.78, 5) is 39.5. The predicted molar refractivity (Wildman–Crippen MR) is 146 cm³/mol. The van der Waals surface area contributed by atoms with Gasteiger partial charge in [-0.05, 0) is 51.3 Å². The first kappa shape index (κ1) is 31.0. The Morgan fingerprint density at radius 3 is 2.38 bits per heavy atom. The normalized spacial score (nSPS) is 15.7. The van der Waals surface area contributed by atoms with Gasteiger partial charge in [0.25, 0.3) is 5.92 Å². The third-order valence-corrected chi connectivity index (χ3v) is 7.48. The highest BCUT2D eigenvalue weighted by Crippen LogP contribution is 2.36. The van der Waals surface area contributed by atoms with Crippen molar-refractivity contribution in [3.05, 3.63) is 64.7 Å². The van der Waals surface area contributed by atoms with Crippen molar-refractivity contribution in [3.8, 4) is 5.75 Å². The van der Waals surface area contributed by atoms with E-state index in [1.165, 1.54) is 24.0 Å². The molecule has 1 atom stereocenters. The van der Waals surface area contributed by atoms with Crippen LogP contribution in [0.25, 0.3) is 0 Å². The number of Topliss-reactive ketones (excluding diaryl/α,β-unsaturated/α-hetero) is 1. The average molecular weight is 561 g/mol. The molecule has 0 radical (unpaired) electrons. The molecular weight excluding hydrogens is 522 g/mol. The molecular formula is C30H38F2N2O6. The summed E-state index contributed by atoms with van der Waals surface area (Å²) in [5, 5.41) is 12.7. The minimum absolute atomic E-state index is 0.0360. The molecule has 0 saturated carbocycles. The number of nitrogens with zero attached hydrogens (tertiary/aromatic N) is 1. The van der Waals surface area contributed by atoms with Gasteiger partial charge in [-0.1, -0.05) is 36.4 Å². The first-order valence-corrected chi connectivity index (χ1v) is 13.5. The topological polar surface area (TPSA) is 105 Å². The fraction of sp³-hybridized carbons (Fsp3) is 0.500. The summed E-state index contributed by atoms with van der Waals surface area (Å²) >= 11 is 0. The second-order valence-electron chi connectivity index (χ2n) is 10.1. The molecule has 0 unspecified atom stereocenters. The van der Waals surface area contributed by atoms with Crippen LogP contribution in [0.5, 0.6) is 5.75 Å². The molecule has 218 valence electrons. The molecule has 8 nitrogen and oxygen atoms in total. The first-order chi connectivity index (χ1) is 18.9. The smallest absolute Gasteiger partial charge is 0.329 e. The van der Waals surface area contributed by atoms with Gasteiger partial charge in [0.1, 0.15) is 11.3 Å². The number of hydrogen-bond acceptors (Lipinski definition) is 5. The molecule has 2 amide bonds. The number of halogens is 2. The van der Waals surface area contributed by atoms with Gasteiger partial charge in [0, 0.05) is 44.6 Å². The Kier molecular flexibility index (Phi) is 10.2. The van der Waals surface area contributed by atoms with E-state index in [-0.39, 0.29) is 50.4 Å². The first-order valence-electron chi connectivity index (χ1n) is 13.5. The molecule has 2 N–H and O–H groups in total. The van der Waals surface area contributed by atoms with Gasteiger partial charge in [-0.3, -0.25) is 4.79 Å². The second kappa shape index (κ2) is 13.2. The van der Waals surface area contributed by atoms with Crippen molar-refractivity contribution >= 4 is 17.8 Å². The summed E-state index contributed by atoms with van der Waals surface area (Å²) in [6, 6.07) is 9.53. The van der Waals surface area contributed by atoms with Crippen LogP contribution < -0.4 is 10.1 Å². The lowest BCUT2D eigenvalue weighted by Gasteiger charge is -2.38. The molecule has 10 heteroatoms. The largest absolute Gasteiger partial charge is 0.493 e. The van der Waals surface area contributed by atoms with Gasteiger partial charge in [0.05, 0.1) is 18.2 Å². The third kappa shape index (κ3) is 6.96. The van der Waals surface area contributed by atoms with Crippen LogP contribution in [-0.4, -0.2) is 59.7 Å². The number of nitrogens with one attached hydrogen (secondary N) is 1. The minimum Gasteiger partial charge on any atom is -0.493 e. The summed E-state index contributed by atoms with van der Waals surface area (Å²) in [5.74, 6) is -4.04. The molecule has 3 rings (SSSR count). The van der Waals surface area contributed by atoms with Gasteiger partial charge in [-0.2, -0.15) is 0 Å². The van der Waals surface area contributed by atoms with E-state index in [4.69, 9.17) is 9.47 Å². The second-order valence-corrected chi connectivity index (χ2v) is 10.1. The average Bonchev–Trinajstić information content (AvgIpc) is 2.92. The molecule has 0 spiro atoms. The van der Waals surface area contributed by atoms with Crippen molar-refractivity contribution in [1.82, 2.24) is 10.2 Å². The number of ketones is 1. The van der Waals surface area contributed by atoms with Crippen molar-refractivity contribution in [2.24, 2.45) is 0 Å². The number of benzene rings is 2. The Balaban J connectivity index is 1.93. The minimum atomic E-state index is -3.10. The van der Waals surface area contributed by atoms with E-state index >= 15 is 0 Å². The summed E-state index contributed by atoms with van der Waals surface area (Å²) in [5.41, 5.74) is 0.0814. The van der Waals surface area contributed by atoms with Crippen LogP contribution in [0, 0.1) is 6.92 Å². The van der Waals surface area contributed by atoms with Gasteiger partial charge >= 0.3 is 12.0 Å². The maximum absolute atomic E-state index is 14.9. The van der Waals surface area contributed by atoms with Crippen LogP contribution in [0.4, 0.5) is 13.6 Å². The van der Waals surface area contributed by atoms with Gasteiger partial charge in [0.2, 0.25) is 0 Å². The number of urea groups is 1. The van der Waals surface area contributed by atoms with Crippen LogP contribution >= 0.6 is 0 Å². The highest BCUT2D eigenvalue weighted by molar-refractivity contribution is 5.97. The molecule has 1 saturated heterocycles. The maximum atomic E-state index is 14.9. The Labute approximate surface area is 233 Å². The summed E-state index contributed by atoms with van der Waals surface area (Å²) in [7, 11) is 0. The van der Waals surface area contributed by atoms with Crippen LogP contribution in [0.2, 0.25) is 0 Å². The van der Waals surface area contributed by atoms with E-state index in [2.05, 4.69) is 5.32 Å². The predicted octanol–water partition coefficient (Wildman–Crippen LogP) is 5.87. The van der Waals surface area contributed by atoms with E-state index < -0.39 is 35.9 Å². The highest BCUT2D eigenvalue weighted by Gasteiger charge is 2.43. The quantitative estimate of drug-likeness (QED) is 0.315. The van der Waals surface area contributed by atoms with Crippen LogP contribution in [-0.2, 0) is 15.5 Å². The Morgan fingerprint density at radius 1 is 1.15 bits per heavy atom. The lowest BCUT2D eigenvalue weighted by atomic mass is 9.90. The molecule has 2 aromatic carbocycles. The molecule has 0 aliphatic carbocycles. The zero-order valence-electron chi connectivity index (χ0n) is 23.5. The standard InChI is InChI=1S/C30H38F2N2O6/c1-5-40-26-20(2)24(12-13-25(26)22(4)35)21(3)34(17-9-14-30(31,32)23-10-7-6-8-11-23)28(38)33-29(27(36)37)15-18-39-19-16-29/h6-8,10-13,21H,5,9,14-19H2,1-4H3,(H,33,38)(H,36,37)/t21-/m1/s1. The molecule has 1 aliphatic heterocycles. The third-order valence-electron chi connectivity index (χ3n) is 7.48. The number of alkyl halides is 2. The van der Waals surface area contributed by atoms with Crippen molar-refractivity contribution in [2.75, 3.05) is 26.4 Å². The molecule has 1 aliphatic rings. The molecule has 1 heterocycles. The maximum Gasteiger partial charge on any atom is 0.329 e. The number of amides is 2. The van der Waals surface area contributed by atoms with E-state index in [1.807, 2.05) is 0 Å². The highest BCUT2D eigenvalue weighted by atomic mass is 19.3. The van der Waals surface area contributed by atoms with Crippen molar-refractivity contribution in [1.29, 1.82) is 0 Å². The Bertz CT molecular complexity index is 1200. The number of carboxylic acids is 1. The fourth-order valence-electron chi connectivity index (χ4n) is 5.09. The lowest BCUT2D eigenvalue weighted by molar-refractivity contribution is -0.148. The number of carbonyl (C=O) groups is 3. The SMILES string of the molecule is CCOc1c(C(C)=O)ccc([C@@H](C)N(CCCC(F)(F)c2ccccc2)C(=O)NC2(C(=O)O)CCOCC2)c1C. The van der Waals surface area contributed by atoms with Crippen LogP contribution in [0.1, 0.15) is 79.5 Å². The molecule has 0 aromatic heterocycles. The summed E-state index contributed by atoms with van der Waals surface area (Å²) in [6.07, 6.45) is -0.365. The molecule has 2 aromatic rings. The summed E-state index contributed by atoms with van der Waals surface area (Å²) in [6.45, 7) is 7.37. The number of carbonyl (C=O) groups excluding carboxylic acids is 2. The number of ether oxygens (including phenoxy) is 2. The van der Waals surface area contributed by atoms with E-state index in [1.54, 1.807) is 51.1 Å². The van der Waals surface area contributed by atoms with Crippen molar-refractivity contribution < 1.29 is 37.7 Å². The van der Waals surface area contributed by atoms with Crippen molar-refractivity contribution in [2.45, 2.75) is 70.9 Å². The lowest BCUT2D eigenvalue weighted by Crippen LogP contribution is -2.60. The van der Waals surface area contributed by atoms with Gasteiger partial charge < -0.3 is 24.8 Å². The van der Waals surface area contributed by atoms with Crippen molar-refractivity contribution in [3.63, 3.8) is 0 Å². The molecule has 40 heavy (non-hydrogen) atoms. The van der Waals surface area contributed by atoms with Crippen LogP contribution in [0.3, 0.4) is 0 Å². The number of aliphatic carboxylic acids is 1. The van der Waals surface area contributed by atoms with E-state index in [0.717, 1.165) is 0 Å². The number of hydrogen-bond donors (Lipinski definition) is 2. The zero-order valence-corrected chi connectivity index (χ0v) is 23.5. The van der Waals surface area contributed by atoms with Gasteiger partial charge in [-0.15, -0.1) is 0 Å². The zero-order chi connectivity index (χ0) is 29.5. The van der Waals surface area contributed by atoms with Crippen LogP contribution in [0.15, 0.2) is 42.5 Å².